The van der Waals surface area contributed by atoms with Crippen molar-refractivity contribution >= 4 is 103 Å². The Labute approximate surface area is 516 Å². The molecule has 0 fully saturated rings. The van der Waals surface area contributed by atoms with Gasteiger partial charge in [0, 0.05) is 32.4 Å². The molecule has 0 saturated carbocycles. The van der Waals surface area contributed by atoms with Gasteiger partial charge in [0.2, 0.25) is 0 Å². The van der Waals surface area contributed by atoms with Crippen LogP contribution in [0.15, 0.2) is 288 Å². The average molecular weight is 1140 g/mol. The molecule has 18 rings (SSSR count). The molecule has 0 bridgehead atoms. The lowest BCUT2D eigenvalue weighted by Gasteiger charge is -2.28. The molecule has 0 spiro atoms. The first kappa shape index (κ1) is 51.4. The lowest BCUT2D eigenvalue weighted by molar-refractivity contribution is 0.575. The van der Waals surface area contributed by atoms with Gasteiger partial charge in [-0.05, 0) is 198 Å². The van der Waals surface area contributed by atoms with E-state index in [1.54, 1.807) is 0 Å². The van der Waals surface area contributed by atoms with Gasteiger partial charge in [0.05, 0.1) is 0 Å². The van der Waals surface area contributed by atoms with E-state index >= 15 is 0 Å². The van der Waals surface area contributed by atoms with E-state index in [0.29, 0.717) is 0 Å². The van der Waals surface area contributed by atoms with E-state index in [-0.39, 0.29) is 10.8 Å². The Bertz CT molecular complexity index is 5740. The zero-order chi connectivity index (χ0) is 59.4. The zero-order valence-corrected chi connectivity index (χ0v) is 50.1. The summed E-state index contributed by atoms with van der Waals surface area (Å²) in [4.78, 5) is 0. The van der Waals surface area contributed by atoms with Gasteiger partial charge in [-0.1, -0.05) is 258 Å². The third-order valence-electron chi connectivity index (χ3n) is 20.4. The van der Waals surface area contributed by atoms with Crippen LogP contribution in [0.1, 0.15) is 55.5 Å². The van der Waals surface area contributed by atoms with Crippen molar-refractivity contribution in [2.75, 3.05) is 0 Å². The topological polar surface area (TPSA) is 26.3 Å². The fourth-order valence-corrected chi connectivity index (χ4v) is 16.5. The van der Waals surface area contributed by atoms with Crippen molar-refractivity contribution in [3.63, 3.8) is 0 Å². The van der Waals surface area contributed by atoms with Crippen molar-refractivity contribution in [3.05, 3.63) is 307 Å². The van der Waals surface area contributed by atoms with E-state index in [0.717, 1.165) is 50.3 Å². The summed E-state index contributed by atoms with van der Waals surface area (Å²) in [5.41, 5.74) is 24.3. The number of rotatable bonds is 8. The summed E-state index contributed by atoms with van der Waals surface area (Å²) < 4.78 is 13.8. The lowest BCUT2D eigenvalue weighted by Crippen LogP contribution is -2.24. The Morgan fingerprint density at radius 2 is 0.865 bits per heavy atom. The fraction of sp³-hybridized carbons (Fsp3) is 0.0805. The molecule has 0 amide bonds. The van der Waals surface area contributed by atoms with Gasteiger partial charge in [0.25, 0.3) is 0 Å². The highest BCUT2D eigenvalue weighted by Crippen LogP contribution is 2.56. The summed E-state index contributed by atoms with van der Waals surface area (Å²) in [5.74, 6) is 0. The Balaban J connectivity index is 0.786. The minimum absolute atomic E-state index is 0.138. The van der Waals surface area contributed by atoms with Gasteiger partial charge in [0.1, 0.15) is 22.3 Å². The second-order valence-corrected chi connectivity index (χ2v) is 25.5. The maximum atomic E-state index is 7.23. The molecule has 2 nitrogen and oxygen atoms in total. The molecule has 2 aliphatic rings. The number of fused-ring (bicyclic) bond motifs is 16. The van der Waals surface area contributed by atoms with Crippen LogP contribution in [0.5, 0.6) is 0 Å². The zero-order valence-electron chi connectivity index (χ0n) is 50.1. The summed E-state index contributed by atoms with van der Waals surface area (Å²) in [6, 6.07) is 92.7. The molecule has 2 heteroatoms. The predicted molar refractivity (Wildman–Crippen MR) is 377 cm³/mol. The molecule has 0 saturated heterocycles. The number of hydrogen-bond donors (Lipinski definition) is 0. The van der Waals surface area contributed by atoms with Crippen molar-refractivity contribution in [3.8, 4) is 55.6 Å². The van der Waals surface area contributed by atoms with E-state index in [9.17, 15) is 0 Å². The highest BCUT2D eigenvalue weighted by molar-refractivity contribution is 6.27. The van der Waals surface area contributed by atoms with Gasteiger partial charge in [-0.15, -0.1) is 0 Å². The first-order valence-electron chi connectivity index (χ1n) is 31.2. The Morgan fingerprint density at radius 3 is 1.49 bits per heavy atom. The van der Waals surface area contributed by atoms with Crippen molar-refractivity contribution in [2.24, 2.45) is 0 Å². The van der Waals surface area contributed by atoms with Crippen LogP contribution in [-0.2, 0) is 17.3 Å². The maximum absolute atomic E-state index is 7.23. The summed E-state index contributed by atoms with van der Waals surface area (Å²) in [6.45, 7) is 13.6. The Kier molecular flexibility index (Phi) is 11.0. The molecule has 0 N–H and O–H groups in total. The van der Waals surface area contributed by atoms with E-state index in [2.05, 4.69) is 295 Å². The number of benzene rings is 14. The van der Waals surface area contributed by atoms with Gasteiger partial charge in [-0.2, -0.15) is 0 Å². The first-order valence-corrected chi connectivity index (χ1v) is 31.2. The molecule has 16 aromatic rings. The van der Waals surface area contributed by atoms with Crippen LogP contribution in [0.3, 0.4) is 0 Å². The molecule has 1 unspecified atom stereocenters. The van der Waals surface area contributed by atoms with Crippen molar-refractivity contribution in [2.45, 2.75) is 44.9 Å². The number of allylic oxidation sites excluding steroid dienone is 5. The predicted octanol–water partition coefficient (Wildman–Crippen LogP) is 24.3. The van der Waals surface area contributed by atoms with E-state index in [1.165, 1.54) is 148 Å². The second kappa shape index (κ2) is 19.1. The van der Waals surface area contributed by atoms with Gasteiger partial charge in [-0.25, -0.2) is 0 Å². The molecule has 420 valence electrons. The number of para-hydroxylation sites is 1. The van der Waals surface area contributed by atoms with Gasteiger partial charge < -0.3 is 8.83 Å². The van der Waals surface area contributed by atoms with Crippen LogP contribution in [-0.4, -0.2) is 0 Å². The standard InChI is InChI=1S/C87H60O2/c1-6-22-72-56(7-2)69-47-52(38-43-73(69)86(72,3)4)80-63-30-14-16-32-65(63)82(66-33-17-15-31-64(66)80)68-42-37-55(85-84(68)67-34-19-21-36-76(67)89-85)50-87(5)74-35-20-18-25-58(74)70-48-53(39-44-75(70)87)79-59-26-10-12-28-61(59)81(62-29-13-11-27-60(62)79)54-41-45-77-71(49-54)83-57-24-9-8-23-51(57)40-46-78(83)88-77/h6-49H,2,50H2,1,3-5H3/b22-6-. The molecular formula is C87H60O2. The minimum Gasteiger partial charge on any atom is -0.456 e. The maximum Gasteiger partial charge on any atom is 0.139 e. The van der Waals surface area contributed by atoms with Crippen LogP contribution in [0.25, 0.3) is 159 Å². The third kappa shape index (κ3) is 7.26. The van der Waals surface area contributed by atoms with Crippen LogP contribution in [0.2, 0.25) is 0 Å². The van der Waals surface area contributed by atoms with E-state index < -0.39 is 0 Å². The third-order valence-corrected chi connectivity index (χ3v) is 20.4. The SMILES string of the molecule is C=CC1=C(/C=C\C)C(C)(C)c2ccc(-c3c4ccccc4c(-c4ccc(CC5(C)c6ccccc6-c6cc(-c7c8ccccc8c(-c8ccc9oc%10ccc%11ccccc%11c%10c9c8)c8ccccc78)ccc65)c5oc6ccccc6c45)c4ccccc34)cc21. The molecular weight excluding hydrogens is 1080 g/mol. The molecule has 0 aliphatic heterocycles. The molecule has 2 aromatic heterocycles. The molecule has 14 aromatic carbocycles. The Morgan fingerprint density at radius 1 is 0.371 bits per heavy atom. The summed E-state index contributed by atoms with van der Waals surface area (Å²) in [5, 5.41) is 16.7. The van der Waals surface area contributed by atoms with Crippen LogP contribution in [0.4, 0.5) is 0 Å². The smallest absolute Gasteiger partial charge is 0.139 e. The van der Waals surface area contributed by atoms with Crippen LogP contribution >= 0.6 is 0 Å². The highest BCUT2D eigenvalue weighted by atomic mass is 16.3. The van der Waals surface area contributed by atoms with Crippen LogP contribution < -0.4 is 0 Å². The molecule has 0 radical (unpaired) electrons. The van der Waals surface area contributed by atoms with E-state index in [4.69, 9.17) is 8.83 Å². The molecule has 89 heavy (non-hydrogen) atoms. The molecule has 2 aliphatic carbocycles. The van der Waals surface area contributed by atoms with Crippen molar-refractivity contribution in [1.29, 1.82) is 0 Å². The Hall–Kier alpha value is -10.8. The first-order chi connectivity index (χ1) is 43.7. The normalized spacial score (nSPS) is 15.3. The van der Waals surface area contributed by atoms with Gasteiger partial charge in [-0.3, -0.25) is 0 Å². The lowest BCUT2D eigenvalue weighted by atomic mass is 9.74. The molecule has 1 atom stereocenters. The fourth-order valence-electron chi connectivity index (χ4n) is 16.5. The monoisotopic (exact) mass is 1140 g/mol. The average Bonchev–Trinajstić information content (AvgIpc) is 1.87. The number of hydrogen-bond acceptors (Lipinski definition) is 2. The summed E-state index contributed by atoms with van der Waals surface area (Å²) in [6.07, 6.45) is 7.21. The van der Waals surface area contributed by atoms with Crippen molar-refractivity contribution < 1.29 is 8.83 Å². The van der Waals surface area contributed by atoms with Gasteiger partial charge >= 0.3 is 0 Å². The minimum atomic E-state index is -0.381. The van der Waals surface area contributed by atoms with E-state index in [1.807, 2.05) is 6.08 Å². The van der Waals surface area contributed by atoms with Crippen molar-refractivity contribution in [1.82, 2.24) is 0 Å². The second-order valence-electron chi connectivity index (χ2n) is 25.5. The summed E-state index contributed by atoms with van der Waals surface area (Å²) in [7, 11) is 0. The highest BCUT2D eigenvalue weighted by Gasteiger charge is 2.41. The largest absolute Gasteiger partial charge is 0.456 e. The van der Waals surface area contributed by atoms with Gasteiger partial charge in [0.15, 0.2) is 0 Å². The number of furan rings is 2. The quantitative estimate of drug-likeness (QED) is 0.142. The molecule has 2 heterocycles. The summed E-state index contributed by atoms with van der Waals surface area (Å²) >= 11 is 0. The van der Waals surface area contributed by atoms with Crippen LogP contribution in [0, 0.1) is 0 Å².